The van der Waals surface area contributed by atoms with Gasteiger partial charge in [-0.15, -0.1) is 0 Å². The van der Waals surface area contributed by atoms with Crippen LogP contribution >= 0.6 is 0 Å². The van der Waals surface area contributed by atoms with Crippen molar-refractivity contribution in [1.82, 2.24) is 4.90 Å². The highest BCUT2D eigenvalue weighted by Gasteiger charge is 2.22. The average Bonchev–Trinajstić information content (AvgIpc) is 2.62. The Morgan fingerprint density at radius 2 is 1.77 bits per heavy atom. The van der Waals surface area contributed by atoms with Gasteiger partial charge in [-0.3, -0.25) is 9.59 Å². The van der Waals surface area contributed by atoms with Gasteiger partial charge in [0.15, 0.2) is 0 Å². The van der Waals surface area contributed by atoms with Crippen LogP contribution in [0.3, 0.4) is 0 Å². The van der Waals surface area contributed by atoms with Crippen molar-refractivity contribution in [2.75, 3.05) is 11.9 Å². The Balaban J connectivity index is 1.60. The van der Waals surface area contributed by atoms with Gasteiger partial charge in [-0.05, 0) is 43.5 Å². The molecule has 2 aromatic rings. The van der Waals surface area contributed by atoms with E-state index in [1.807, 2.05) is 44.2 Å². The van der Waals surface area contributed by atoms with Crippen LogP contribution in [-0.4, -0.2) is 29.4 Å². The smallest absolute Gasteiger partial charge is 0.233 e. The Kier molecular flexibility index (Phi) is 5.56. The second kappa shape index (κ2) is 8.04. The second-order valence-corrected chi connectivity index (χ2v) is 6.72. The van der Waals surface area contributed by atoms with E-state index in [9.17, 15) is 9.59 Å². The van der Waals surface area contributed by atoms with E-state index in [0.29, 0.717) is 24.5 Å². The van der Waals surface area contributed by atoms with E-state index < -0.39 is 0 Å². The molecular weight excluding hydrogens is 328 g/mol. The van der Waals surface area contributed by atoms with Crippen molar-refractivity contribution in [3.05, 3.63) is 59.7 Å². The minimum atomic E-state index is -0.325. The first kappa shape index (κ1) is 18.0. The summed E-state index contributed by atoms with van der Waals surface area (Å²) in [6.45, 7) is 5.07. The highest BCUT2D eigenvalue weighted by Crippen LogP contribution is 2.25. The Morgan fingerprint density at radius 1 is 1.08 bits per heavy atom. The molecule has 0 radical (unpaired) electrons. The predicted molar refractivity (Wildman–Crippen MR) is 101 cm³/mol. The summed E-state index contributed by atoms with van der Waals surface area (Å²) >= 11 is 0. The molecule has 1 heterocycles. The van der Waals surface area contributed by atoms with E-state index in [1.54, 1.807) is 17.0 Å². The zero-order chi connectivity index (χ0) is 18.5. The van der Waals surface area contributed by atoms with Gasteiger partial charge in [0, 0.05) is 13.1 Å². The van der Waals surface area contributed by atoms with Crippen LogP contribution in [0.4, 0.5) is 5.69 Å². The van der Waals surface area contributed by atoms with Crippen molar-refractivity contribution in [3.8, 4) is 5.75 Å². The summed E-state index contributed by atoms with van der Waals surface area (Å²) in [5.41, 5.74) is 3.02. The van der Waals surface area contributed by atoms with Gasteiger partial charge in [0.25, 0.3) is 0 Å². The third-order valence-electron chi connectivity index (χ3n) is 4.32. The number of ether oxygens (including phenoxy) is 1. The number of para-hydroxylation sites is 2. The lowest BCUT2D eigenvalue weighted by atomic mass is 10.00. The molecule has 0 saturated heterocycles. The molecule has 5 nitrogen and oxygen atoms in total. The molecule has 3 rings (SSSR count). The quantitative estimate of drug-likeness (QED) is 0.839. The standard InChI is InChI=1S/C21H24N2O3/c1-15(2)26-19-10-6-5-9-18(19)22-20(24)13-21(25)23-12-11-16-7-3-4-8-17(16)14-23/h3-10,15H,11-14H2,1-2H3,(H,22,24). The van der Waals surface area contributed by atoms with Gasteiger partial charge in [-0.25, -0.2) is 0 Å². The van der Waals surface area contributed by atoms with Gasteiger partial charge in [0.05, 0.1) is 11.8 Å². The van der Waals surface area contributed by atoms with Crippen LogP contribution < -0.4 is 10.1 Å². The van der Waals surface area contributed by atoms with Crippen LogP contribution in [0.15, 0.2) is 48.5 Å². The van der Waals surface area contributed by atoms with Crippen molar-refractivity contribution < 1.29 is 14.3 Å². The highest BCUT2D eigenvalue weighted by atomic mass is 16.5. The van der Waals surface area contributed by atoms with Crippen molar-refractivity contribution in [2.45, 2.75) is 39.3 Å². The number of carbonyl (C=O) groups is 2. The number of anilines is 1. The molecule has 2 aromatic carbocycles. The van der Waals surface area contributed by atoms with E-state index in [1.165, 1.54) is 5.56 Å². The lowest BCUT2D eigenvalue weighted by molar-refractivity contribution is -0.135. The summed E-state index contributed by atoms with van der Waals surface area (Å²) in [4.78, 5) is 26.6. The summed E-state index contributed by atoms with van der Waals surface area (Å²) in [5.74, 6) is 0.128. The average molecular weight is 352 g/mol. The summed E-state index contributed by atoms with van der Waals surface area (Å²) in [5, 5.41) is 2.79. The maximum atomic E-state index is 12.5. The number of carbonyl (C=O) groups excluding carboxylic acids is 2. The Bertz CT molecular complexity index is 801. The highest BCUT2D eigenvalue weighted by molar-refractivity contribution is 6.04. The molecule has 0 spiro atoms. The monoisotopic (exact) mass is 352 g/mol. The molecule has 1 aliphatic rings. The predicted octanol–water partition coefficient (Wildman–Crippen LogP) is 3.39. The number of hydrogen-bond acceptors (Lipinski definition) is 3. The molecule has 0 aliphatic carbocycles. The largest absolute Gasteiger partial charge is 0.489 e. The molecular formula is C21H24N2O3. The van der Waals surface area contributed by atoms with Gasteiger partial charge in [-0.1, -0.05) is 36.4 Å². The lowest BCUT2D eigenvalue weighted by Crippen LogP contribution is -2.37. The summed E-state index contributed by atoms with van der Waals surface area (Å²) in [6.07, 6.45) is 0.662. The maximum Gasteiger partial charge on any atom is 0.233 e. The van der Waals surface area contributed by atoms with E-state index in [0.717, 1.165) is 12.0 Å². The van der Waals surface area contributed by atoms with Crippen LogP contribution in [0.2, 0.25) is 0 Å². The SMILES string of the molecule is CC(C)Oc1ccccc1NC(=O)CC(=O)N1CCc2ccccc2C1. The van der Waals surface area contributed by atoms with Gasteiger partial charge in [0.1, 0.15) is 12.2 Å². The fourth-order valence-electron chi connectivity index (χ4n) is 3.08. The number of nitrogens with one attached hydrogen (secondary N) is 1. The molecule has 0 aromatic heterocycles. The minimum absolute atomic E-state index is 0.00287. The minimum Gasteiger partial charge on any atom is -0.489 e. The fourth-order valence-corrected chi connectivity index (χ4v) is 3.08. The van der Waals surface area contributed by atoms with Gasteiger partial charge in [-0.2, -0.15) is 0 Å². The molecule has 0 bridgehead atoms. The molecule has 26 heavy (non-hydrogen) atoms. The summed E-state index contributed by atoms with van der Waals surface area (Å²) in [7, 11) is 0. The zero-order valence-electron chi connectivity index (χ0n) is 15.2. The number of rotatable bonds is 5. The van der Waals surface area contributed by atoms with Crippen LogP contribution in [0.25, 0.3) is 0 Å². The number of hydrogen-bond donors (Lipinski definition) is 1. The van der Waals surface area contributed by atoms with Crippen LogP contribution in [0.1, 0.15) is 31.4 Å². The molecule has 0 atom stereocenters. The molecule has 1 N–H and O–H groups in total. The number of fused-ring (bicyclic) bond motifs is 1. The van der Waals surface area contributed by atoms with Crippen LogP contribution in [0.5, 0.6) is 5.75 Å². The third kappa shape index (κ3) is 4.42. The van der Waals surface area contributed by atoms with E-state index in [2.05, 4.69) is 11.4 Å². The molecule has 0 unspecified atom stereocenters. The molecule has 0 saturated carbocycles. The first-order valence-corrected chi connectivity index (χ1v) is 8.93. The molecule has 5 heteroatoms. The first-order valence-electron chi connectivity index (χ1n) is 8.93. The number of benzene rings is 2. The zero-order valence-corrected chi connectivity index (χ0v) is 15.2. The van der Waals surface area contributed by atoms with Crippen molar-refractivity contribution in [1.29, 1.82) is 0 Å². The van der Waals surface area contributed by atoms with Crippen molar-refractivity contribution in [3.63, 3.8) is 0 Å². The number of amides is 2. The Morgan fingerprint density at radius 3 is 2.54 bits per heavy atom. The topological polar surface area (TPSA) is 58.6 Å². The van der Waals surface area contributed by atoms with Crippen molar-refractivity contribution >= 4 is 17.5 Å². The Hall–Kier alpha value is -2.82. The van der Waals surface area contributed by atoms with Crippen LogP contribution in [0, 0.1) is 0 Å². The fraction of sp³-hybridized carbons (Fsp3) is 0.333. The first-order chi connectivity index (χ1) is 12.5. The molecule has 2 amide bonds. The van der Waals surface area contributed by atoms with E-state index >= 15 is 0 Å². The van der Waals surface area contributed by atoms with Gasteiger partial charge >= 0.3 is 0 Å². The van der Waals surface area contributed by atoms with E-state index in [4.69, 9.17) is 4.74 Å². The Labute approximate surface area is 154 Å². The second-order valence-electron chi connectivity index (χ2n) is 6.72. The molecule has 1 aliphatic heterocycles. The van der Waals surface area contributed by atoms with E-state index in [-0.39, 0.29) is 24.3 Å². The van der Waals surface area contributed by atoms with Gasteiger partial charge < -0.3 is 15.0 Å². The molecule has 0 fully saturated rings. The number of nitrogens with zero attached hydrogens (tertiary/aromatic N) is 1. The van der Waals surface area contributed by atoms with Gasteiger partial charge in [0.2, 0.25) is 11.8 Å². The normalized spacial score (nSPS) is 13.3. The molecule has 136 valence electrons. The third-order valence-corrected chi connectivity index (χ3v) is 4.32. The van der Waals surface area contributed by atoms with Crippen molar-refractivity contribution in [2.24, 2.45) is 0 Å². The lowest BCUT2D eigenvalue weighted by Gasteiger charge is -2.28. The van der Waals surface area contributed by atoms with Crippen LogP contribution in [-0.2, 0) is 22.6 Å². The summed E-state index contributed by atoms with van der Waals surface area (Å²) in [6, 6.07) is 15.4. The maximum absolute atomic E-state index is 12.5. The summed E-state index contributed by atoms with van der Waals surface area (Å²) < 4.78 is 5.70.